The predicted octanol–water partition coefficient (Wildman–Crippen LogP) is 2.44. The molecule has 0 spiro atoms. The molecule has 7 heteroatoms. The van der Waals surface area contributed by atoms with E-state index in [1.807, 2.05) is 20.9 Å². The van der Waals surface area contributed by atoms with Crippen LogP contribution in [0.2, 0.25) is 0 Å². The summed E-state index contributed by atoms with van der Waals surface area (Å²) in [5, 5.41) is 7.46. The van der Waals surface area contributed by atoms with Gasteiger partial charge in [-0.1, -0.05) is 12.1 Å². The van der Waals surface area contributed by atoms with E-state index >= 15 is 0 Å². The Morgan fingerprint density at radius 3 is 2.79 bits per heavy atom. The van der Waals surface area contributed by atoms with Crippen molar-refractivity contribution in [3.63, 3.8) is 0 Å². The van der Waals surface area contributed by atoms with Crippen LogP contribution >= 0.6 is 24.0 Å². The van der Waals surface area contributed by atoms with Gasteiger partial charge in [0.1, 0.15) is 5.76 Å². The zero-order valence-electron chi connectivity index (χ0n) is 15.6. The van der Waals surface area contributed by atoms with E-state index in [9.17, 15) is 0 Å². The van der Waals surface area contributed by atoms with E-state index in [4.69, 9.17) is 4.52 Å². The van der Waals surface area contributed by atoms with Gasteiger partial charge in [0.15, 0.2) is 5.96 Å². The largest absolute Gasteiger partial charge is 0.361 e. The van der Waals surface area contributed by atoms with Crippen LogP contribution in [-0.2, 0) is 6.42 Å². The molecule has 138 valence electrons. The van der Waals surface area contributed by atoms with Gasteiger partial charge in [-0.05, 0) is 46.2 Å². The van der Waals surface area contributed by atoms with Crippen molar-refractivity contribution in [1.29, 1.82) is 0 Å². The fourth-order valence-corrected chi connectivity index (χ4v) is 3.46. The van der Waals surface area contributed by atoms with Gasteiger partial charge in [-0.2, -0.15) is 0 Å². The Balaban J connectivity index is 0.00000288. The van der Waals surface area contributed by atoms with Crippen LogP contribution in [0.5, 0.6) is 0 Å². The Morgan fingerprint density at radius 2 is 2.21 bits per heavy atom. The molecular formula is C17H32IN5O. The van der Waals surface area contributed by atoms with Crippen molar-refractivity contribution in [3.05, 3.63) is 17.0 Å². The van der Waals surface area contributed by atoms with Crippen LogP contribution in [0.15, 0.2) is 9.52 Å². The summed E-state index contributed by atoms with van der Waals surface area (Å²) in [6.07, 6.45) is 3.50. The van der Waals surface area contributed by atoms with E-state index < -0.39 is 0 Å². The second kappa shape index (κ2) is 10.2. The second-order valence-electron chi connectivity index (χ2n) is 6.33. The molecule has 1 aromatic rings. The zero-order chi connectivity index (χ0) is 16.8. The third-order valence-electron chi connectivity index (χ3n) is 4.80. The van der Waals surface area contributed by atoms with Crippen molar-refractivity contribution in [2.24, 2.45) is 4.99 Å². The average molecular weight is 449 g/mol. The van der Waals surface area contributed by atoms with Gasteiger partial charge < -0.3 is 14.7 Å². The van der Waals surface area contributed by atoms with Crippen molar-refractivity contribution < 1.29 is 4.52 Å². The molecule has 0 aliphatic carbocycles. The van der Waals surface area contributed by atoms with E-state index in [2.05, 4.69) is 39.2 Å². The molecule has 0 aromatic carbocycles. The van der Waals surface area contributed by atoms with Crippen molar-refractivity contribution in [2.75, 3.05) is 40.3 Å². The molecule has 1 atom stereocenters. The number of likely N-dealkylation sites (tertiary alicyclic amines) is 1. The molecule has 1 N–H and O–H groups in total. The Labute approximate surface area is 163 Å². The first-order valence-corrected chi connectivity index (χ1v) is 8.64. The van der Waals surface area contributed by atoms with Gasteiger partial charge in [0.2, 0.25) is 0 Å². The van der Waals surface area contributed by atoms with Gasteiger partial charge in [0.05, 0.1) is 5.69 Å². The predicted molar refractivity (Wildman–Crippen MR) is 109 cm³/mol. The van der Waals surface area contributed by atoms with Crippen molar-refractivity contribution in [3.8, 4) is 0 Å². The lowest BCUT2D eigenvalue weighted by molar-refractivity contribution is 0.233. The van der Waals surface area contributed by atoms with Crippen LogP contribution in [0.1, 0.15) is 36.8 Å². The smallest absolute Gasteiger partial charge is 0.193 e. The molecule has 2 rings (SSSR count). The summed E-state index contributed by atoms with van der Waals surface area (Å²) in [5.74, 6) is 1.87. The van der Waals surface area contributed by atoms with Gasteiger partial charge in [0.25, 0.3) is 0 Å². The minimum atomic E-state index is 0. The summed E-state index contributed by atoms with van der Waals surface area (Å²) in [7, 11) is 3.97. The molecule has 0 saturated carbocycles. The van der Waals surface area contributed by atoms with Crippen LogP contribution in [-0.4, -0.2) is 67.2 Å². The van der Waals surface area contributed by atoms with Gasteiger partial charge in [-0.15, -0.1) is 24.0 Å². The molecule has 2 heterocycles. The molecule has 0 radical (unpaired) electrons. The van der Waals surface area contributed by atoms with E-state index in [1.165, 1.54) is 24.9 Å². The van der Waals surface area contributed by atoms with Crippen molar-refractivity contribution in [1.82, 2.24) is 20.3 Å². The summed E-state index contributed by atoms with van der Waals surface area (Å²) in [5.41, 5.74) is 2.18. The molecule has 1 aliphatic heterocycles. The molecule has 1 unspecified atom stereocenters. The molecule has 1 fully saturated rings. The summed E-state index contributed by atoms with van der Waals surface area (Å²) in [4.78, 5) is 9.22. The van der Waals surface area contributed by atoms with Crippen molar-refractivity contribution in [2.45, 2.75) is 46.1 Å². The van der Waals surface area contributed by atoms with E-state index in [1.54, 1.807) is 0 Å². The molecule has 6 nitrogen and oxygen atoms in total. The molecular weight excluding hydrogens is 417 g/mol. The number of hydrogen-bond acceptors (Lipinski definition) is 4. The van der Waals surface area contributed by atoms with Crippen LogP contribution in [0.4, 0.5) is 0 Å². The maximum atomic E-state index is 5.22. The SMILES string of the molecule is CCN1CCCC1CN(C)C(=NC)NCCc1c(C)noc1C.I. The highest BCUT2D eigenvalue weighted by atomic mass is 127. The lowest BCUT2D eigenvalue weighted by atomic mass is 10.1. The summed E-state index contributed by atoms with van der Waals surface area (Å²) in [6.45, 7) is 10.4. The Bertz CT molecular complexity index is 512. The third-order valence-corrected chi connectivity index (χ3v) is 4.80. The number of hydrogen-bond donors (Lipinski definition) is 1. The summed E-state index contributed by atoms with van der Waals surface area (Å²) >= 11 is 0. The highest BCUT2D eigenvalue weighted by Crippen LogP contribution is 2.17. The summed E-state index contributed by atoms with van der Waals surface area (Å²) in [6, 6.07) is 0.645. The highest BCUT2D eigenvalue weighted by Gasteiger charge is 2.24. The monoisotopic (exact) mass is 449 g/mol. The first kappa shape index (κ1) is 21.2. The number of aromatic nitrogens is 1. The first-order valence-electron chi connectivity index (χ1n) is 8.64. The zero-order valence-corrected chi connectivity index (χ0v) is 18.0. The molecule has 1 saturated heterocycles. The second-order valence-corrected chi connectivity index (χ2v) is 6.33. The topological polar surface area (TPSA) is 56.9 Å². The fourth-order valence-electron chi connectivity index (χ4n) is 3.46. The lowest BCUT2D eigenvalue weighted by Crippen LogP contribution is -2.46. The highest BCUT2D eigenvalue weighted by molar-refractivity contribution is 14.0. The number of halogens is 1. The molecule has 1 aromatic heterocycles. The quantitative estimate of drug-likeness (QED) is 0.411. The minimum Gasteiger partial charge on any atom is -0.361 e. The standard InChI is InChI=1S/C17H31N5O.HI/c1-6-22-11-7-8-15(22)12-21(5)17(18-4)19-10-9-16-13(2)20-23-14(16)3;/h15H,6-12H2,1-5H3,(H,18,19);1H. The minimum absolute atomic E-state index is 0. The maximum absolute atomic E-state index is 5.22. The Kier molecular flexibility index (Phi) is 9.04. The number of aryl methyl sites for hydroxylation is 2. The number of aliphatic imine (C=N–C) groups is 1. The van der Waals surface area contributed by atoms with Crippen LogP contribution in [0, 0.1) is 13.8 Å². The third kappa shape index (κ3) is 5.34. The van der Waals surface area contributed by atoms with Gasteiger partial charge in [0, 0.05) is 38.8 Å². The van der Waals surface area contributed by atoms with Gasteiger partial charge >= 0.3 is 0 Å². The number of rotatable bonds is 6. The fraction of sp³-hybridized carbons (Fsp3) is 0.765. The van der Waals surface area contributed by atoms with Crippen LogP contribution in [0.25, 0.3) is 0 Å². The number of likely N-dealkylation sites (N-methyl/N-ethyl adjacent to an activating group) is 2. The number of guanidine groups is 1. The van der Waals surface area contributed by atoms with Crippen LogP contribution in [0.3, 0.4) is 0 Å². The summed E-state index contributed by atoms with van der Waals surface area (Å²) < 4.78 is 5.22. The van der Waals surface area contributed by atoms with Crippen LogP contribution < -0.4 is 5.32 Å². The lowest BCUT2D eigenvalue weighted by Gasteiger charge is -2.29. The number of nitrogens with one attached hydrogen (secondary N) is 1. The molecule has 0 bridgehead atoms. The van der Waals surface area contributed by atoms with E-state index in [0.717, 1.165) is 43.5 Å². The van der Waals surface area contributed by atoms with E-state index in [-0.39, 0.29) is 24.0 Å². The van der Waals surface area contributed by atoms with Gasteiger partial charge in [-0.3, -0.25) is 9.89 Å². The molecule has 24 heavy (non-hydrogen) atoms. The average Bonchev–Trinajstić information content (AvgIpc) is 3.11. The molecule has 1 aliphatic rings. The molecule has 0 amide bonds. The van der Waals surface area contributed by atoms with Crippen molar-refractivity contribution >= 4 is 29.9 Å². The normalized spacial score (nSPS) is 18.5. The maximum Gasteiger partial charge on any atom is 0.193 e. The van der Waals surface area contributed by atoms with Gasteiger partial charge in [-0.25, -0.2) is 0 Å². The Morgan fingerprint density at radius 1 is 1.46 bits per heavy atom. The Hall–Kier alpha value is -0.830. The first-order chi connectivity index (χ1) is 11.1. The number of nitrogens with zero attached hydrogens (tertiary/aromatic N) is 4. The van der Waals surface area contributed by atoms with E-state index in [0.29, 0.717) is 6.04 Å².